The number of carbonyl (C=O) groups is 1. The van der Waals surface area contributed by atoms with Crippen molar-refractivity contribution in [3.63, 3.8) is 0 Å². The van der Waals surface area contributed by atoms with Crippen LogP contribution in [0.15, 0.2) is 42.9 Å². The molecule has 3 aromatic rings. The molecule has 4 atom stereocenters. The molecular formula is C29H42N6O4. The number of carbonyl (C=O) groups excluding carboxylic acids is 1. The van der Waals surface area contributed by atoms with E-state index >= 15 is 0 Å². The van der Waals surface area contributed by atoms with Gasteiger partial charge in [-0.3, -0.25) is 4.90 Å². The number of benzene rings is 1. The Morgan fingerprint density at radius 3 is 2.51 bits per heavy atom. The predicted octanol–water partition coefficient (Wildman–Crippen LogP) is 3.58. The lowest BCUT2D eigenvalue weighted by Crippen LogP contribution is -2.44. The third-order valence-corrected chi connectivity index (χ3v) is 7.38. The number of ether oxygens (including phenoxy) is 1. The zero-order valence-electron chi connectivity index (χ0n) is 23.8. The highest BCUT2D eigenvalue weighted by Crippen LogP contribution is 2.33. The number of aryl methyl sites for hydroxylation is 1. The van der Waals surface area contributed by atoms with E-state index in [4.69, 9.17) is 4.74 Å². The second-order valence-corrected chi connectivity index (χ2v) is 11.6. The summed E-state index contributed by atoms with van der Waals surface area (Å²) in [5.74, 6) is 0. The van der Waals surface area contributed by atoms with E-state index in [1.54, 1.807) is 4.57 Å². The number of fused-ring (bicyclic) bond motifs is 1. The number of anilines is 1. The van der Waals surface area contributed by atoms with Crippen LogP contribution in [0.25, 0.3) is 11.0 Å². The Bertz CT molecular complexity index is 1250. The van der Waals surface area contributed by atoms with E-state index < -0.39 is 24.5 Å². The first-order valence-electron chi connectivity index (χ1n) is 13.6. The van der Waals surface area contributed by atoms with Crippen LogP contribution < -0.4 is 10.6 Å². The number of amides is 2. The number of nitrogens with zero attached hydrogens (tertiary/aromatic N) is 4. The lowest BCUT2D eigenvalue weighted by Gasteiger charge is -2.30. The molecule has 0 unspecified atom stereocenters. The van der Waals surface area contributed by atoms with Crippen LogP contribution in [0.2, 0.25) is 0 Å². The van der Waals surface area contributed by atoms with Crippen LogP contribution in [0.4, 0.5) is 10.5 Å². The summed E-state index contributed by atoms with van der Waals surface area (Å²) in [6, 6.07) is 9.74. The van der Waals surface area contributed by atoms with Crippen molar-refractivity contribution < 1.29 is 19.7 Å². The van der Waals surface area contributed by atoms with Crippen LogP contribution in [-0.4, -0.2) is 79.7 Å². The van der Waals surface area contributed by atoms with Crippen molar-refractivity contribution in [2.24, 2.45) is 0 Å². The first-order valence-corrected chi connectivity index (χ1v) is 13.6. The van der Waals surface area contributed by atoms with Gasteiger partial charge in [-0.25, -0.2) is 14.8 Å². The van der Waals surface area contributed by atoms with Gasteiger partial charge in [-0.2, -0.15) is 0 Å². The summed E-state index contributed by atoms with van der Waals surface area (Å²) >= 11 is 0. The van der Waals surface area contributed by atoms with Crippen molar-refractivity contribution in [3.8, 4) is 0 Å². The highest BCUT2D eigenvalue weighted by Gasteiger charge is 2.44. The second kappa shape index (κ2) is 12.0. The molecule has 10 nitrogen and oxygen atoms in total. The second-order valence-electron chi connectivity index (χ2n) is 11.6. The largest absolute Gasteiger partial charge is 0.387 e. The number of rotatable bonds is 9. The number of urea groups is 1. The van der Waals surface area contributed by atoms with Crippen LogP contribution >= 0.6 is 0 Å². The maximum atomic E-state index is 12.4. The average molecular weight is 539 g/mol. The molecule has 3 heterocycles. The van der Waals surface area contributed by atoms with Crippen LogP contribution in [0.1, 0.15) is 58.5 Å². The molecule has 1 fully saturated rings. The minimum absolute atomic E-state index is 0.0619. The molecule has 4 N–H and O–H groups in total. The summed E-state index contributed by atoms with van der Waals surface area (Å²) in [5.41, 5.74) is 3.53. The molecule has 2 aromatic heterocycles. The van der Waals surface area contributed by atoms with Crippen LogP contribution in [-0.2, 0) is 10.2 Å². The van der Waals surface area contributed by atoms with E-state index in [0.717, 1.165) is 23.2 Å². The molecule has 39 heavy (non-hydrogen) atoms. The molecule has 4 rings (SSSR count). The number of aliphatic hydroxyl groups excluding tert-OH is 2. The molecule has 1 saturated heterocycles. The molecule has 212 valence electrons. The van der Waals surface area contributed by atoms with E-state index in [0.29, 0.717) is 25.3 Å². The highest BCUT2D eigenvalue weighted by atomic mass is 16.6. The number of aliphatic hydroxyl groups is 2. The van der Waals surface area contributed by atoms with Crippen molar-refractivity contribution in [3.05, 3.63) is 54.1 Å². The lowest BCUT2D eigenvalue weighted by molar-refractivity contribution is -0.0465. The van der Waals surface area contributed by atoms with Crippen molar-refractivity contribution in [1.29, 1.82) is 0 Å². The van der Waals surface area contributed by atoms with Gasteiger partial charge < -0.3 is 30.2 Å². The predicted molar refractivity (Wildman–Crippen MR) is 152 cm³/mol. The monoisotopic (exact) mass is 538 g/mol. The van der Waals surface area contributed by atoms with Crippen molar-refractivity contribution in [2.45, 2.75) is 84.0 Å². The highest BCUT2D eigenvalue weighted by molar-refractivity contribution is 5.89. The summed E-state index contributed by atoms with van der Waals surface area (Å²) < 4.78 is 7.94. The third kappa shape index (κ3) is 6.75. The fourth-order valence-electron chi connectivity index (χ4n) is 4.92. The molecule has 0 spiro atoms. The maximum Gasteiger partial charge on any atom is 0.319 e. The van der Waals surface area contributed by atoms with E-state index in [-0.39, 0.29) is 17.5 Å². The van der Waals surface area contributed by atoms with Crippen LogP contribution in [0.5, 0.6) is 0 Å². The lowest BCUT2D eigenvalue weighted by atomic mass is 9.87. The SMILES string of the molecule is Cc1ncnc2c1ccn2[C@@H]1O[C@H](CN(CCCNC(=O)Nc2ccc(C(C)(C)C)cc2)C(C)C)[C@@H](O)[C@H]1O. The zero-order chi connectivity index (χ0) is 28.3. The number of nitrogens with one attached hydrogen (secondary N) is 2. The summed E-state index contributed by atoms with van der Waals surface area (Å²) in [6.07, 6.45) is 0.588. The van der Waals surface area contributed by atoms with Crippen LogP contribution in [0, 0.1) is 6.92 Å². The summed E-state index contributed by atoms with van der Waals surface area (Å²) in [5, 5.41) is 28.3. The van der Waals surface area contributed by atoms with Gasteiger partial charge in [0, 0.05) is 42.9 Å². The minimum atomic E-state index is -1.09. The molecule has 0 bridgehead atoms. The van der Waals surface area contributed by atoms with Gasteiger partial charge in [-0.1, -0.05) is 32.9 Å². The Morgan fingerprint density at radius 2 is 1.85 bits per heavy atom. The Kier molecular flexibility index (Phi) is 8.90. The fourth-order valence-corrected chi connectivity index (χ4v) is 4.92. The van der Waals surface area contributed by atoms with E-state index in [9.17, 15) is 15.0 Å². The Labute approximate surface area is 230 Å². The maximum absolute atomic E-state index is 12.4. The summed E-state index contributed by atoms with van der Waals surface area (Å²) in [6.45, 7) is 14.2. The van der Waals surface area contributed by atoms with E-state index in [1.165, 1.54) is 11.9 Å². The summed E-state index contributed by atoms with van der Waals surface area (Å²) in [7, 11) is 0. The van der Waals surface area contributed by atoms with Gasteiger partial charge in [0.1, 0.15) is 30.3 Å². The first kappa shape index (κ1) is 28.9. The number of aromatic nitrogens is 3. The molecule has 0 aliphatic carbocycles. The molecular weight excluding hydrogens is 496 g/mol. The summed E-state index contributed by atoms with van der Waals surface area (Å²) in [4.78, 5) is 23.1. The normalized spacial score (nSPS) is 21.7. The molecule has 0 radical (unpaired) electrons. The standard InChI is InChI=1S/C29H42N6O4/c1-18(2)34(14-7-13-30-28(38)33-21-10-8-20(9-11-21)29(4,5)6)16-23-24(36)25(37)27(39-23)35-15-12-22-19(3)31-17-32-26(22)35/h8-12,15,17-18,23-25,27,36-37H,7,13-14,16H2,1-6H3,(H2,30,33,38)/t23-,24-,25-,27-/m1/s1. The Morgan fingerprint density at radius 1 is 1.13 bits per heavy atom. The third-order valence-electron chi connectivity index (χ3n) is 7.38. The molecule has 1 aromatic carbocycles. The number of hydrogen-bond donors (Lipinski definition) is 4. The molecule has 2 amide bonds. The topological polar surface area (TPSA) is 125 Å². The molecule has 1 aliphatic heterocycles. The van der Waals surface area contributed by atoms with Crippen LogP contribution in [0.3, 0.4) is 0 Å². The van der Waals surface area contributed by atoms with Gasteiger partial charge in [0.05, 0.1) is 5.69 Å². The van der Waals surface area contributed by atoms with Gasteiger partial charge in [-0.15, -0.1) is 0 Å². The fraction of sp³-hybridized carbons (Fsp3) is 0.552. The minimum Gasteiger partial charge on any atom is -0.387 e. The quantitative estimate of drug-likeness (QED) is 0.307. The van der Waals surface area contributed by atoms with Gasteiger partial charge >= 0.3 is 6.03 Å². The van der Waals surface area contributed by atoms with Gasteiger partial charge in [0.25, 0.3) is 0 Å². The Hall–Kier alpha value is -3.05. The smallest absolute Gasteiger partial charge is 0.319 e. The van der Waals surface area contributed by atoms with Crippen molar-refractivity contribution in [2.75, 3.05) is 25.0 Å². The van der Waals surface area contributed by atoms with Crippen molar-refractivity contribution in [1.82, 2.24) is 24.8 Å². The Balaban J connectivity index is 1.27. The van der Waals surface area contributed by atoms with Gasteiger partial charge in [-0.05, 0) is 56.4 Å². The number of hydrogen-bond acceptors (Lipinski definition) is 7. The first-order chi connectivity index (χ1) is 18.5. The van der Waals surface area contributed by atoms with E-state index in [2.05, 4.69) is 60.1 Å². The molecule has 1 aliphatic rings. The van der Waals surface area contributed by atoms with Crippen molar-refractivity contribution >= 4 is 22.8 Å². The molecule has 0 saturated carbocycles. The van der Waals surface area contributed by atoms with Gasteiger partial charge in [0.15, 0.2) is 6.23 Å². The van der Waals surface area contributed by atoms with Gasteiger partial charge in [0.2, 0.25) is 0 Å². The molecule has 10 heteroatoms. The zero-order valence-corrected chi connectivity index (χ0v) is 23.8. The average Bonchev–Trinajstić information content (AvgIpc) is 3.42. The van der Waals surface area contributed by atoms with E-state index in [1.807, 2.05) is 43.5 Å².